The van der Waals surface area contributed by atoms with Crippen molar-refractivity contribution in [3.8, 4) is 17.2 Å². The smallest absolute Gasteiger partial charge is 0.277 e. The fourth-order valence-electron chi connectivity index (χ4n) is 2.63. The zero-order valence-electron chi connectivity index (χ0n) is 16.8. The number of hydrazone groups is 1. The van der Waals surface area contributed by atoms with Crippen LogP contribution in [0.4, 0.5) is 0 Å². The predicted octanol–water partition coefficient (Wildman–Crippen LogP) is 5.89. The lowest BCUT2D eigenvalue weighted by molar-refractivity contribution is -0.123. The molecule has 0 aliphatic heterocycles. The van der Waals surface area contributed by atoms with Crippen LogP contribution < -0.4 is 14.9 Å². The van der Waals surface area contributed by atoms with Gasteiger partial charge in [0.2, 0.25) is 0 Å². The summed E-state index contributed by atoms with van der Waals surface area (Å²) >= 11 is 3.48. The molecule has 0 bridgehead atoms. The normalized spacial score (nSPS) is 10.9. The summed E-state index contributed by atoms with van der Waals surface area (Å²) in [5, 5.41) is 3.99. The number of carbonyl (C=O) groups is 1. The van der Waals surface area contributed by atoms with Crippen molar-refractivity contribution in [1.29, 1.82) is 0 Å². The van der Waals surface area contributed by atoms with Crippen LogP contribution in [0, 0.1) is 0 Å². The standard InChI is InChI=1S/C24H23BrN2O3/c1-17(2)19-11-12-23(22(25)14-19)29-16-24(28)27-26-15-18-7-6-10-21(13-18)30-20-8-4-3-5-9-20/h3-15,17H,16H2,1-2H3,(H,27,28)/b26-15+. The Morgan fingerprint density at radius 2 is 1.80 bits per heavy atom. The van der Waals surface area contributed by atoms with Gasteiger partial charge < -0.3 is 9.47 Å². The van der Waals surface area contributed by atoms with Crippen molar-refractivity contribution in [2.24, 2.45) is 5.10 Å². The molecule has 1 N–H and O–H groups in total. The number of benzene rings is 3. The van der Waals surface area contributed by atoms with E-state index in [1.165, 1.54) is 5.56 Å². The van der Waals surface area contributed by atoms with Gasteiger partial charge in [0.1, 0.15) is 17.2 Å². The first-order chi connectivity index (χ1) is 14.5. The minimum atomic E-state index is -0.345. The van der Waals surface area contributed by atoms with Crippen LogP contribution in [-0.2, 0) is 4.79 Å². The molecule has 1 amide bonds. The summed E-state index contributed by atoms with van der Waals surface area (Å²) in [6, 6.07) is 22.8. The monoisotopic (exact) mass is 466 g/mol. The number of halogens is 1. The third-order valence-electron chi connectivity index (χ3n) is 4.22. The molecule has 0 aromatic heterocycles. The topological polar surface area (TPSA) is 59.9 Å². The summed E-state index contributed by atoms with van der Waals surface area (Å²) in [6.45, 7) is 4.11. The third-order valence-corrected chi connectivity index (χ3v) is 4.84. The first-order valence-corrected chi connectivity index (χ1v) is 10.4. The number of para-hydroxylation sites is 1. The van der Waals surface area contributed by atoms with Gasteiger partial charge in [-0.2, -0.15) is 5.10 Å². The Kier molecular flexibility index (Phi) is 7.63. The second-order valence-corrected chi connectivity index (χ2v) is 7.77. The van der Waals surface area contributed by atoms with Crippen LogP contribution in [0.3, 0.4) is 0 Å². The van der Waals surface area contributed by atoms with Gasteiger partial charge in [0.05, 0.1) is 10.7 Å². The van der Waals surface area contributed by atoms with Gasteiger partial charge in [-0.3, -0.25) is 4.79 Å². The van der Waals surface area contributed by atoms with Crippen molar-refractivity contribution in [1.82, 2.24) is 5.43 Å². The van der Waals surface area contributed by atoms with E-state index in [1.54, 1.807) is 6.21 Å². The van der Waals surface area contributed by atoms with Gasteiger partial charge in [-0.25, -0.2) is 5.43 Å². The van der Waals surface area contributed by atoms with Crippen LogP contribution in [0.5, 0.6) is 17.2 Å². The molecule has 0 spiro atoms. The molecule has 30 heavy (non-hydrogen) atoms. The molecular formula is C24H23BrN2O3. The lowest BCUT2D eigenvalue weighted by Gasteiger charge is -2.10. The van der Waals surface area contributed by atoms with Crippen LogP contribution >= 0.6 is 15.9 Å². The number of hydrogen-bond acceptors (Lipinski definition) is 4. The zero-order chi connectivity index (χ0) is 21.3. The highest BCUT2D eigenvalue weighted by molar-refractivity contribution is 9.10. The molecule has 3 rings (SSSR count). The van der Waals surface area contributed by atoms with Crippen molar-refractivity contribution in [2.45, 2.75) is 19.8 Å². The average molecular weight is 467 g/mol. The summed E-state index contributed by atoms with van der Waals surface area (Å²) < 4.78 is 12.2. The number of ether oxygens (including phenoxy) is 2. The molecule has 0 unspecified atom stereocenters. The van der Waals surface area contributed by atoms with Crippen LogP contribution in [0.15, 0.2) is 82.4 Å². The van der Waals surface area contributed by atoms with E-state index >= 15 is 0 Å². The molecule has 0 saturated heterocycles. The maximum absolute atomic E-state index is 12.0. The summed E-state index contributed by atoms with van der Waals surface area (Å²) in [5.74, 6) is 2.13. The van der Waals surface area contributed by atoms with Crippen molar-refractivity contribution >= 4 is 28.1 Å². The third kappa shape index (κ3) is 6.46. The first kappa shape index (κ1) is 21.6. The number of nitrogens with zero attached hydrogens (tertiary/aromatic N) is 1. The fourth-order valence-corrected chi connectivity index (χ4v) is 3.14. The lowest BCUT2D eigenvalue weighted by Crippen LogP contribution is -2.24. The quantitative estimate of drug-likeness (QED) is 0.332. The maximum Gasteiger partial charge on any atom is 0.277 e. The second kappa shape index (κ2) is 10.6. The summed E-state index contributed by atoms with van der Waals surface area (Å²) in [7, 11) is 0. The molecule has 3 aromatic rings. The van der Waals surface area contributed by atoms with E-state index in [2.05, 4.69) is 40.3 Å². The van der Waals surface area contributed by atoms with Crippen molar-refractivity contribution in [3.63, 3.8) is 0 Å². The van der Waals surface area contributed by atoms with E-state index in [9.17, 15) is 4.79 Å². The van der Waals surface area contributed by atoms with Crippen LogP contribution in [0.25, 0.3) is 0 Å². The van der Waals surface area contributed by atoms with Gasteiger partial charge in [0, 0.05) is 0 Å². The average Bonchev–Trinajstić information content (AvgIpc) is 2.74. The minimum absolute atomic E-state index is 0.131. The fraction of sp³-hybridized carbons (Fsp3) is 0.167. The zero-order valence-corrected chi connectivity index (χ0v) is 18.4. The largest absolute Gasteiger partial charge is 0.483 e. The Labute approximate surface area is 184 Å². The molecule has 0 aliphatic carbocycles. The SMILES string of the molecule is CC(C)c1ccc(OCC(=O)N/N=C/c2cccc(Oc3ccccc3)c2)c(Br)c1. The Morgan fingerprint density at radius 3 is 2.53 bits per heavy atom. The van der Waals surface area contributed by atoms with E-state index in [4.69, 9.17) is 9.47 Å². The molecule has 154 valence electrons. The van der Waals surface area contributed by atoms with Gasteiger partial charge in [-0.1, -0.05) is 50.2 Å². The number of amides is 1. The molecule has 3 aromatic carbocycles. The molecule has 0 heterocycles. The molecule has 6 heteroatoms. The molecule has 0 radical (unpaired) electrons. The van der Waals surface area contributed by atoms with E-state index in [0.717, 1.165) is 15.8 Å². The maximum atomic E-state index is 12.0. The summed E-state index contributed by atoms with van der Waals surface area (Å²) in [6.07, 6.45) is 1.56. The van der Waals surface area contributed by atoms with E-state index in [1.807, 2.05) is 72.8 Å². The van der Waals surface area contributed by atoms with Gasteiger partial charge >= 0.3 is 0 Å². The second-order valence-electron chi connectivity index (χ2n) is 6.91. The summed E-state index contributed by atoms with van der Waals surface area (Å²) in [5.41, 5.74) is 4.47. The van der Waals surface area contributed by atoms with E-state index in [0.29, 0.717) is 17.4 Å². The van der Waals surface area contributed by atoms with Gasteiger partial charge in [0.15, 0.2) is 6.61 Å². The van der Waals surface area contributed by atoms with Crippen molar-refractivity contribution in [2.75, 3.05) is 6.61 Å². The summed E-state index contributed by atoms with van der Waals surface area (Å²) in [4.78, 5) is 12.0. The molecule has 0 atom stereocenters. The van der Waals surface area contributed by atoms with Crippen molar-refractivity contribution in [3.05, 3.63) is 88.4 Å². The lowest BCUT2D eigenvalue weighted by atomic mass is 10.0. The minimum Gasteiger partial charge on any atom is -0.483 e. The number of rotatable bonds is 8. The van der Waals surface area contributed by atoms with Crippen molar-refractivity contribution < 1.29 is 14.3 Å². The number of carbonyl (C=O) groups excluding carboxylic acids is 1. The van der Waals surface area contributed by atoms with Gasteiger partial charge in [0.25, 0.3) is 5.91 Å². The highest BCUT2D eigenvalue weighted by Gasteiger charge is 2.07. The number of hydrogen-bond donors (Lipinski definition) is 1. The predicted molar refractivity (Wildman–Crippen MR) is 122 cm³/mol. The molecule has 0 saturated carbocycles. The van der Waals surface area contributed by atoms with Crippen LogP contribution in [0.1, 0.15) is 30.9 Å². The molecule has 0 fully saturated rings. The van der Waals surface area contributed by atoms with E-state index in [-0.39, 0.29) is 12.5 Å². The number of nitrogens with one attached hydrogen (secondary N) is 1. The van der Waals surface area contributed by atoms with E-state index < -0.39 is 0 Å². The van der Waals surface area contributed by atoms with Gasteiger partial charge in [-0.05, 0) is 69.4 Å². The first-order valence-electron chi connectivity index (χ1n) is 9.58. The molecule has 0 aliphatic rings. The van der Waals surface area contributed by atoms with Gasteiger partial charge in [-0.15, -0.1) is 0 Å². The van der Waals surface area contributed by atoms with Crippen LogP contribution in [0.2, 0.25) is 0 Å². The Balaban J connectivity index is 1.50. The Bertz CT molecular complexity index is 1020. The van der Waals surface area contributed by atoms with Crippen LogP contribution in [-0.4, -0.2) is 18.7 Å². The Hall–Kier alpha value is -3.12. The Morgan fingerprint density at radius 1 is 1.03 bits per heavy atom. The highest BCUT2D eigenvalue weighted by atomic mass is 79.9. The highest BCUT2D eigenvalue weighted by Crippen LogP contribution is 2.28. The molecular weight excluding hydrogens is 444 g/mol. The molecule has 5 nitrogen and oxygen atoms in total.